The Hall–Kier alpha value is -4.02. The average Bonchev–Trinajstić information content (AvgIpc) is 2.84. The molecule has 0 aliphatic carbocycles. The molecule has 0 bridgehead atoms. The van der Waals surface area contributed by atoms with Crippen molar-refractivity contribution in [1.29, 1.82) is 0 Å². The van der Waals surface area contributed by atoms with Gasteiger partial charge in [0.05, 0.1) is 7.11 Å². The predicted molar refractivity (Wildman–Crippen MR) is 123 cm³/mol. The first-order valence-electron chi connectivity index (χ1n) is 11.0. The van der Waals surface area contributed by atoms with Crippen LogP contribution < -0.4 is 15.0 Å². The second kappa shape index (κ2) is 9.92. The van der Waals surface area contributed by atoms with Crippen LogP contribution in [0.25, 0.3) is 0 Å². The number of aromatic nitrogens is 2. The van der Waals surface area contributed by atoms with E-state index in [0.717, 1.165) is 12.5 Å². The van der Waals surface area contributed by atoms with E-state index in [1.807, 2.05) is 5.32 Å². The summed E-state index contributed by atoms with van der Waals surface area (Å²) in [7, 11) is 1.50. The van der Waals surface area contributed by atoms with Crippen molar-refractivity contribution in [2.75, 3.05) is 18.6 Å². The lowest BCUT2D eigenvalue weighted by Gasteiger charge is -2.29. The van der Waals surface area contributed by atoms with Gasteiger partial charge in [-0.1, -0.05) is 6.07 Å². The molecule has 0 saturated heterocycles. The van der Waals surface area contributed by atoms with E-state index in [9.17, 15) is 27.2 Å². The number of nitrogens with zero attached hydrogens (tertiary/aromatic N) is 3. The molecule has 3 heterocycles. The number of pyridine rings is 2. The number of anilines is 1. The van der Waals surface area contributed by atoms with Gasteiger partial charge in [-0.3, -0.25) is 19.5 Å². The van der Waals surface area contributed by atoms with E-state index in [1.165, 1.54) is 42.6 Å². The molecule has 2 amide bonds. The highest BCUT2D eigenvalue weighted by Gasteiger charge is 2.37. The van der Waals surface area contributed by atoms with Crippen molar-refractivity contribution < 1.29 is 31.9 Å². The van der Waals surface area contributed by atoms with Gasteiger partial charge in [0.25, 0.3) is 11.8 Å². The summed E-state index contributed by atoms with van der Waals surface area (Å²) in [5.41, 5.74) is 2.29. The predicted octanol–water partition coefficient (Wildman–Crippen LogP) is 4.10. The van der Waals surface area contributed by atoms with Crippen molar-refractivity contribution >= 4 is 17.6 Å². The van der Waals surface area contributed by atoms with Gasteiger partial charge in [0, 0.05) is 30.9 Å². The summed E-state index contributed by atoms with van der Waals surface area (Å²) in [6.07, 6.45) is -1.01. The zero-order valence-electron chi connectivity index (χ0n) is 19.4. The fourth-order valence-corrected chi connectivity index (χ4v) is 3.89. The van der Waals surface area contributed by atoms with E-state index in [0.29, 0.717) is 28.9 Å². The summed E-state index contributed by atoms with van der Waals surface area (Å²) >= 11 is 0. The molecule has 2 aromatic heterocycles. The van der Waals surface area contributed by atoms with Gasteiger partial charge >= 0.3 is 6.18 Å². The summed E-state index contributed by atoms with van der Waals surface area (Å²) in [4.78, 5) is 34.6. The maximum absolute atomic E-state index is 14.3. The molecule has 36 heavy (non-hydrogen) atoms. The van der Waals surface area contributed by atoms with Crippen LogP contribution >= 0.6 is 0 Å². The van der Waals surface area contributed by atoms with E-state index in [4.69, 9.17) is 4.74 Å². The second-order valence-corrected chi connectivity index (χ2v) is 8.30. The van der Waals surface area contributed by atoms with Gasteiger partial charge in [0.1, 0.15) is 17.5 Å². The maximum Gasteiger partial charge on any atom is 0.408 e. The number of hydrogen-bond acceptors (Lipinski definition) is 5. The van der Waals surface area contributed by atoms with Gasteiger partial charge < -0.3 is 10.1 Å². The van der Waals surface area contributed by atoms with E-state index < -0.39 is 23.9 Å². The SMILES string of the molecule is COc1cc2c(cc1Cc1ccc(C(=O)N[C@H](C)C(F)(F)F)nc1)C(=O)N(c1ncccc1F)CC2. The summed E-state index contributed by atoms with van der Waals surface area (Å²) in [5.74, 6) is -1.42. The van der Waals surface area contributed by atoms with Gasteiger partial charge in [-0.15, -0.1) is 0 Å². The van der Waals surface area contributed by atoms with Crippen molar-refractivity contribution in [3.05, 3.63) is 82.6 Å². The Morgan fingerprint density at radius 1 is 1.22 bits per heavy atom. The Labute approximate surface area is 204 Å². The van der Waals surface area contributed by atoms with E-state index >= 15 is 0 Å². The Kier molecular flexibility index (Phi) is 6.91. The van der Waals surface area contributed by atoms with E-state index in [2.05, 4.69) is 9.97 Å². The topological polar surface area (TPSA) is 84.4 Å². The number of rotatable bonds is 6. The van der Waals surface area contributed by atoms with Crippen LogP contribution in [0, 0.1) is 5.82 Å². The smallest absolute Gasteiger partial charge is 0.408 e. The Bertz CT molecular complexity index is 1300. The minimum atomic E-state index is -4.56. The van der Waals surface area contributed by atoms with Crippen LogP contribution in [-0.4, -0.2) is 47.7 Å². The van der Waals surface area contributed by atoms with Crippen molar-refractivity contribution in [3.63, 3.8) is 0 Å². The maximum atomic E-state index is 14.3. The van der Waals surface area contributed by atoms with Gasteiger partial charge in [-0.25, -0.2) is 9.37 Å². The monoisotopic (exact) mass is 502 g/mol. The Morgan fingerprint density at radius 3 is 2.64 bits per heavy atom. The number of benzene rings is 1. The number of nitrogens with one attached hydrogen (secondary N) is 1. The Balaban J connectivity index is 1.56. The van der Waals surface area contributed by atoms with Crippen LogP contribution in [0.5, 0.6) is 5.75 Å². The molecule has 0 fully saturated rings. The lowest BCUT2D eigenvalue weighted by molar-refractivity contribution is -0.149. The summed E-state index contributed by atoms with van der Waals surface area (Å²) in [5, 5.41) is 1.86. The summed E-state index contributed by atoms with van der Waals surface area (Å²) in [6.45, 7) is 1.11. The zero-order valence-corrected chi connectivity index (χ0v) is 19.4. The number of ether oxygens (including phenoxy) is 1. The molecule has 1 aliphatic heterocycles. The van der Waals surface area contributed by atoms with Crippen LogP contribution in [0.4, 0.5) is 23.4 Å². The fraction of sp³-hybridized carbons (Fsp3) is 0.280. The third-order valence-electron chi connectivity index (χ3n) is 5.87. The largest absolute Gasteiger partial charge is 0.496 e. The summed E-state index contributed by atoms with van der Waals surface area (Å²) < 4.78 is 57.8. The molecule has 3 aromatic rings. The van der Waals surface area contributed by atoms with Gasteiger partial charge in [-0.2, -0.15) is 13.2 Å². The van der Waals surface area contributed by atoms with Crippen LogP contribution in [0.3, 0.4) is 0 Å². The minimum Gasteiger partial charge on any atom is -0.496 e. The van der Waals surface area contributed by atoms with Crippen molar-refractivity contribution in [3.8, 4) is 5.75 Å². The molecule has 1 aromatic carbocycles. The molecular weight excluding hydrogens is 480 g/mol. The lowest BCUT2D eigenvalue weighted by atomic mass is 9.93. The van der Waals surface area contributed by atoms with E-state index in [1.54, 1.807) is 18.2 Å². The molecule has 7 nitrogen and oxygen atoms in total. The van der Waals surface area contributed by atoms with Crippen LogP contribution in [-0.2, 0) is 12.8 Å². The second-order valence-electron chi connectivity index (χ2n) is 8.30. The number of methoxy groups -OCH3 is 1. The highest BCUT2D eigenvalue weighted by Crippen LogP contribution is 2.31. The van der Waals surface area contributed by atoms with Crippen molar-refractivity contribution in [2.24, 2.45) is 0 Å². The normalized spacial score (nSPS) is 14.3. The van der Waals surface area contributed by atoms with Gasteiger partial charge in [0.15, 0.2) is 11.6 Å². The first-order chi connectivity index (χ1) is 17.1. The molecule has 1 atom stereocenters. The molecule has 0 spiro atoms. The van der Waals surface area contributed by atoms with Crippen LogP contribution in [0.2, 0.25) is 0 Å². The number of hydrogen-bond donors (Lipinski definition) is 1. The minimum absolute atomic E-state index is 0.0385. The molecule has 4 rings (SSSR count). The number of halogens is 4. The highest BCUT2D eigenvalue weighted by atomic mass is 19.4. The van der Waals surface area contributed by atoms with Gasteiger partial charge in [-0.05, 0) is 60.4 Å². The summed E-state index contributed by atoms with van der Waals surface area (Å²) in [6, 6.07) is 7.02. The molecule has 0 unspecified atom stereocenters. The third kappa shape index (κ3) is 5.14. The zero-order chi connectivity index (χ0) is 26.0. The van der Waals surface area contributed by atoms with Gasteiger partial charge in [0.2, 0.25) is 0 Å². The number of fused-ring (bicyclic) bond motifs is 1. The third-order valence-corrected chi connectivity index (χ3v) is 5.87. The lowest BCUT2D eigenvalue weighted by Crippen LogP contribution is -2.43. The van der Waals surface area contributed by atoms with Crippen molar-refractivity contribution in [2.45, 2.75) is 32.0 Å². The number of carbonyl (C=O) groups excluding carboxylic acids is 2. The van der Waals surface area contributed by atoms with Crippen molar-refractivity contribution in [1.82, 2.24) is 15.3 Å². The van der Waals surface area contributed by atoms with E-state index in [-0.39, 0.29) is 30.4 Å². The molecule has 11 heteroatoms. The molecule has 0 saturated carbocycles. The molecule has 1 aliphatic rings. The quantitative estimate of drug-likeness (QED) is 0.514. The van der Waals surface area contributed by atoms with Crippen LogP contribution in [0.15, 0.2) is 48.8 Å². The first-order valence-corrected chi connectivity index (χ1v) is 11.0. The number of alkyl halides is 3. The standard InChI is InChI=1S/C25H22F4N4O3/c1-14(25(27,28)29)32-23(34)20-6-5-15(13-31-20)10-17-11-18-16(12-21(17)36-2)7-9-33(24(18)35)22-19(26)4-3-8-30-22/h3-6,8,11-14H,7,9-10H2,1-2H3,(H,32,34)/t14-/m1/s1. The number of amides is 2. The first kappa shape index (κ1) is 25.1. The Morgan fingerprint density at radius 2 is 2.00 bits per heavy atom. The number of carbonyl (C=O) groups is 2. The highest BCUT2D eigenvalue weighted by molar-refractivity contribution is 6.08. The van der Waals surface area contributed by atoms with Crippen LogP contribution in [0.1, 0.15) is 44.5 Å². The molecular formula is C25H22F4N4O3. The average molecular weight is 502 g/mol. The molecule has 1 N–H and O–H groups in total. The molecule has 0 radical (unpaired) electrons. The molecule has 188 valence electrons. The fourth-order valence-electron chi connectivity index (χ4n) is 3.89.